The fourth-order valence-corrected chi connectivity index (χ4v) is 7.26. The van der Waals surface area contributed by atoms with Gasteiger partial charge in [0.25, 0.3) is 21.9 Å². The summed E-state index contributed by atoms with van der Waals surface area (Å²) in [5, 5.41) is 3.06. The number of hydrogen-bond acceptors (Lipinski definition) is 8. The van der Waals surface area contributed by atoms with Crippen molar-refractivity contribution in [3.63, 3.8) is 0 Å². The van der Waals surface area contributed by atoms with Crippen LogP contribution >= 0.6 is 0 Å². The predicted octanol–water partition coefficient (Wildman–Crippen LogP) is 5.74. The molecule has 1 saturated heterocycles. The molecule has 5 heterocycles. The van der Waals surface area contributed by atoms with Gasteiger partial charge >= 0.3 is 0 Å². The first-order chi connectivity index (χ1) is 20.4. The molecule has 6 rings (SSSR count). The first kappa shape index (κ1) is 29.2. The number of hydrogen-bond donors (Lipinski definition) is 2. The molecule has 4 bridgehead atoms. The number of anilines is 2. The zero-order valence-electron chi connectivity index (χ0n) is 24.1. The van der Waals surface area contributed by atoms with E-state index in [0.29, 0.717) is 35.9 Å². The Morgan fingerprint density at radius 1 is 1.02 bits per heavy atom. The third-order valence-electron chi connectivity index (χ3n) is 8.53. The van der Waals surface area contributed by atoms with Crippen LogP contribution in [-0.4, -0.2) is 47.3 Å². The van der Waals surface area contributed by atoms with E-state index in [-0.39, 0.29) is 41.8 Å². The third kappa shape index (κ3) is 6.11. The largest absolute Gasteiger partial charge is 0.362 e. The molecule has 2 N–H and O–H groups in total. The van der Waals surface area contributed by atoms with E-state index in [1.54, 1.807) is 30.5 Å². The number of carbonyl (C=O) groups excluding carboxylic acids is 1. The molecule has 3 aliphatic rings. The van der Waals surface area contributed by atoms with Gasteiger partial charge in [-0.15, -0.1) is 0 Å². The molecule has 43 heavy (non-hydrogen) atoms. The Morgan fingerprint density at radius 2 is 1.86 bits per heavy atom. The van der Waals surface area contributed by atoms with Crippen molar-refractivity contribution in [1.82, 2.24) is 19.7 Å². The van der Waals surface area contributed by atoms with Crippen molar-refractivity contribution in [2.45, 2.75) is 74.9 Å². The van der Waals surface area contributed by atoms with E-state index < -0.39 is 27.4 Å². The van der Waals surface area contributed by atoms with Crippen LogP contribution < -0.4 is 14.9 Å². The van der Waals surface area contributed by atoms with Crippen molar-refractivity contribution in [1.29, 1.82) is 0 Å². The standard InChI is InChI=1S/C31H34F2N6O3S/c1-30(2)18-20-9-11-25(24-6-3-4-17-34-24)35-26-7-5-8-27(37-26)43(41,42)38-29(40)22-10-12-23(36-28(22)39(30)19-20)21-13-15-31(32,33)16-14-21/h3-8,10,12-13,17,20,25H,9,11,14-16,18-19H2,1-2H3,(H,35,37)(H,38,40)/t20-,25+/m0/s1. The third-order valence-corrected chi connectivity index (χ3v) is 9.76. The number of allylic oxidation sites excluding steroid dienone is 2. The first-order valence-electron chi connectivity index (χ1n) is 14.5. The Hall–Kier alpha value is -3.93. The maximum absolute atomic E-state index is 13.9. The molecule has 1 amide bonds. The van der Waals surface area contributed by atoms with Crippen molar-refractivity contribution >= 4 is 33.1 Å². The monoisotopic (exact) mass is 608 g/mol. The highest BCUT2D eigenvalue weighted by Crippen LogP contribution is 2.42. The van der Waals surface area contributed by atoms with Crippen LogP contribution in [0.2, 0.25) is 0 Å². The minimum atomic E-state index is -4.35. The van der Waals surface area contributed by atoms with E-state index >= 15 is 0 Å². The van der Waals surface area contributed by atoms with E-state index in [1.807, 2.05) is 18.2 Å². The van der Waals surface area contributed by atoms with E-state index in [4.69, 9.17) is 4.98 Å². The van der Waals surface area contributed by atoms with Crippen molar-refractivity contribution in [2.24, 2.45) is 5.92 Å². The summed E-state index contributed by atoms with van der Waals surface area (Å²) in [7, 11) is -4.35. The van der Waals surface area contributed by atoms with Gasteiger partial charge < -0.3 is 10.2 Å². The summed E-state index contributed by atoms with van der Waals surface area (Å²) < 4.78 is 56.7. The molecule has 0 aromatic carbocycles. The summed E-state index contributed by atoms with van der Waals surface area (Å²) in [5.74, 6) is -2.65. The number of carbonyl (C=O) groups is 1. The van der Waals surface area contributed by atoms with Crippen molar-refractivity contribution in [2.75, 3.05) is 16.8 Å². The van der Waals surface area contributed by atoms with E-state index in [1.165, 1.54) is 12.1 Å². The van der Waals surface area contributed by atoms with Crippen LogP contribution in [0.4, 0.5) is 20.4 Å². The van der Waals surface area contributed by atoms with Crippen molar-refractivity contribution < 1.29 is 22.0 Å². The highest BCUT2D eigenvalue weighted by Gasteiger charge is 2.41. The maximum atomic E-state index is 13.9. The number of aromatic nitrogens is 3. The molecule has 1 aliphatic carbocycles. The number of sulfonamides is 1. The zero-order valence-corrected chi connectivity index (χ0v) is 24.9. The van der Waals surface area contributed by atoms with Gasteiger partial charge in [-0.05, 0) is 87.4 Å². The summed E-state index contributed by atoms with van der Waals surface area (Å²) in [6.45, 7) is 4.74. The number of pyridine rings is 3. The zero-order chi connectivity index (χ0) is 30.4. The normalized spacial score (nSPS) is 24.4. The van der Waals surface area contributed by atoms with Gasteiger partial charge in [0, 0.05) is 31.1 Å². The molecule has 3 aromatic rings. The number of amides is 1. The fraction of sp³-hybridized carbons (Fsp3) is 0.419. The lowest BCUT2D eigenvalue weighted by molar-refractivity contribution is -0.00606. The topological polar surface area (TPSA) is 117 Å². The van der Waals surface area contributed by atoms with Gasteiger partial charge in [-0.25, -0.2) is 23.5 Å². The SMILES string of the molecule is CC1(C)C[C@@H]2CC[C@H](c3ccccn3)Nc3cccc(n3)S(=O)(=O)NC(=O)c3ccc(C4=CCC(F)(F)CC4)nc3N1C2. The Labute approximate surface area is 249 Å². The maximum Gasteiger partial charge on any atom is 0.281 e. The second-order valence-corrected chi connectivity index (χ2v) is 13.8. The van der Waals surface area contributed by atoms with Crippen molar-refractivity contribution in [3.8, 4) is 0 Å². The van der Waals surface area contributed by atoms with Gasteiger partial charge in [0.1, 0.15) is 11.6 Å². The molecule has 2 aliphatic heterocycles. The molecule has 0 radical (unpaired) electrons. The molecule has 1 fully saturated rings. The first-order valence-corrected chi connectivity index (χ1v) is 16.0. The van der Waals surface area contributed by atoms with Crippen LogP contribution in [0.5, 0.6) is 0 Å². The smallest absolute Gasteiger partial charge is 0.281 e. The molecule has 0 spiro atoms. The number of nitrogens with one attached hydrogen (secondary N) is 2. The van der Waals surface area contributed by atoms with E-state index in [0.717, 1.165) is 18.5 Å². The van der Waals surface area contributed by atoms with Crippen LogP contribution in [-0.2, 0) is 10.0 Å². The second kappa shape index (κ2) is 11.0. The minimum Gasteiger partial charge on any atom is -0.362 e. The Bertz CT molecular complexity index is 1680. The van der Waals surface area contributed by atoms with Crippen LogP contribution in [0.1, 0.15) is 80.2 Å². The lowest BCUT2D eigenvalue weighted by atomic mass is 9.91. The van der Waals surface area contributed by atoms with Crippen LogP contribution in [0, 0.1) is 5.92 Å². The van der Waals surface area contributed by atoms with Gasteiger partial charge in [-0.2, -0.15) is 8.42 Å². The second-order valence-electron chi connectivity index (χ2n) is 12.2. The fourth-order valence-electron chi connectivity index (χ4n) is 6.32. The number of halogens is 2. The molecule has 9 nitrogen and oxygen atoms in total. The Kier molecular flexibility index (Phi) is 7.44. The molecule has 226 valence electrons. The molecule has 2 atom stereocenters. The van der Waals surface area contributed by atoms with Crippen LogP contribution in [0.3, 0.4) is 0 Å². The Balaban J connectivity index is 1.44. The van der Waals surface area contributed by atoms with Crippen LogP contribution in [0.25, 0.3) is 5.57 Å². The molecular formula is C31H34F2N6O3S. The van der Waals surface area contributed by atoms with Gasteiger partial charge in [0.15, 0.2) is 5.03 Å². The highest BCUT2D eigenvalue weighted by atomic mass is 32.2. The molecular weight excluding hydrogens is 574 g/mol. The summed E-state index contributed by atoms with van der Waals surface area (Å²) in [6, 6.07) is 13.2. The minimum absolute atomic E-state index is 0.0957. The molecule has 3 aromatic heterocycles. The number of fused-ring (bicyclic) bond motifs is 6. The number of rotatable bonds is 2. The Morgan fingerprint density at radius 3 is 2.60 bits per heavy atom. The summed E-state index contributed by atoms with van der Waals surface area (Å²) in [6.07, 6.45) is 5.11. The molecule has 0 saturated carbocycles. The quantitative estimate of drug-likeness (QED) is 0.378. The van der Waals surface area contributed by atoms with E-state index in [2.05, 4.69) is 38.8 Å². The molecule has 0 unspecified atom stereocenters. The van der Waals surface area contributed by atoms with Crippen molar-refractivity contribution in [3.05, 3.63) is 77.8 Å². The highest BCUT2D eigenvalue weighted by molar-refractivity contribution is 7.90. The lowest BCUT2D eigenvalue weighted by Gasteiger charge is -2.34. The van der Waals surface area contributed by atoms with Gasteiger partial charge in [0.05, 0.1) is 23.0 Å². The lowest BCUT2D eigenvalue weighted by Crippen LogP contribution is -2.41. The number of nitrogens with zero attached hydrogens (tertiary/aromatic N) is 4. The predicted molar refractivity (Wildman–Crippen MR) is 159 cm³/mol. The van der Waals surface area contributed by atoms with Gasteiger partial charge in [-0.1, -0.05) is 18.2 Å². The van der Waals surface area contributed by atoms with Gasteiger partial charge in [0.2, 0.25) is 0 Å². The van der Waals surface area contributed by atoms with Gasteiger partial charge in [-0.3, -0.25) is 9.78 Å². The molecule has 12 heteroatoms. The van der Waals surface area contributed by atoms with Crippen LogP contribution in [0.15, 0.2) is 65.8 Å². The summed E-state index contributed by atoms with van der Waals surface area (Å²) in [4.78, 5) is 29.4. The number of alkyl halides is 2. The average Bonchev–Trinajstić information content (AvgIpc) is 3.28. The van der Waals surface area contributed by atoms with E-state index in [9.17, 15) is 22.0 Å². The summed E-state index contributed by atoms with van der Waals surface area (Å²) >= 11 is 0. The average molecular weight is 609 g/mol. The summed E-state index contributed by atoms with van der Waals surface area (Å²) in [5.41, 5.74) is 1.70.